The molecule has 0 saturated heterocycles. The molecule has 2 aromatic rings. The Hall–Kier alpha value is -2.23. The zero-order chi connectivity index (χ0) is 18.6. The summed E-state index contributed by atoms with van der Waals surface area (Å²) in [4.78, 5) is 18.6. The van der Waals surface area contributed by atoms with Gasteiger partial charge in [0.25, 0.3) is 5.56 Å². The van der Waals surface area contributed by atoms with Gasteiger partial charge in [-0.1, -0.05) is 0 Å². The van der Waals surface area contributed by atoms with E-state index in [1.807, 2.05) is 6.92 Å². The second-order valence-corrected chi connectivity index (χ2v) is 7.70. The average Bonchev–Trinajstić information content (AvgIpc) is 2.65. The van der Waals surface area contributed by atoms with Crippen molar-refractivity contribution in [1.82, 2.24) is 14.3 Å². The molecule has 2 heterocycles. The monoisotopic (exact) mass is 379 g/mol. The van der Waals surface area contributed by atoms with Gasteiger partial charge in [-0.25, -0.2) is 13.4 Å². The van der Waals surface area contributed by atoms with Crippen LogP contribution in [0.5, 0.6) is 5.75 Å². The van der Waals surface area contributed by atoms with Crippen molar-refractivity contribution in [2.45, 2.75) is 24.8 Å². The molecule has 1 aromatic carbocycles. The minimum absolute atomic E-state index is 0.0915. The van der Waals surface area contributed by atoms with Crippen LogP contribution < -0.4 is 10.3 Å². The average molecular weight is 379 g/mol. The number of nitrogens with one attached hydrogen (secondary N) is 1. The Kier molecular flexibility index (Phi) is 5.70. The molecule has 9 heteroatoms. The van der Waals surface area contributed by atoms with Gasteiger partial charge in [0.2, 0.25) is 10.0 Å². The van der Waals surface area contributed by atoms with Gasteiger partial charge in [0.05, 0.1) is 30.1 Å². The van der Waals surface area contributed by atoms with Gasteiger partial charge in [0.15, 0.2) is 0 Å². The maximum atomic E-state index is 12.8. The predicted molar refractivity (Wildman–Crippen MR) is 94.6 cm³/mol. The highest BCUT2D eigenvalue weighted by molar-refractivity contribution is 7.89. The molecule has 1 N–H and O–H groups in total. The molecule has 0 bridgehead atoms. The van der Waals surface area contributed by atoms with E-state index >= 15 is 0 Å². The van der Waals surface area contributed by atoms with Crippen molar-refractivity contribution in [3.05, 3.63) is 52.2 Å². The van der Waals surface area contributed by atoms with Gasteiger partial charge in [-0.3, -0.25) is 4.79 Å². The van der Waals surface area contributed by atoms with Gasteiger partial charge in [-0.2, -0.15) is 4.31 Å². The summed E-state index contributed by atoms with van der Waals surface area (Å²) in [6.45, 7) is 3.76. The van der Waals surface area contributed by atoms with Crippen molar-refractivity contribution < 1.29 is 17.9 Å². The number of aromatic amines is 1. The molecule has 0 aliphatic carbocycles. The zero-order valence-electron chi connectivity index (χ0n) is 14.5. The molecule has 0 radical (unpaired) electrons. The van der Waals surface area contributed by atoms with E-state index in [4.69, 9.17) is 9.47 Å². The van der Waals surface area contributed by atoms with Crippen LogP contribution in [0.15, 0.2) is 40.3 Å². The number of hydrogen-bond donors (Lipinski definition) is 1. The molecule has 0 fully saturated rings. The first kappa shape index (κ1) is 18.6. The Morgan fingerprint density at radius 1 is 1.23 bits per heavy atom. The lowest BCUT2D eigenvalue weighted by Gasteiger charge is -2.26. The summed E-state index contributed by atoms with van der Waals surface area (Å²) in [5.41, 5.74) is 0.844. The van der Waals surface area contributed by atoms with Gasteiger partial charge in [0, 0.05) is 18.7 Å². The molecule has 3 rings (SSSR count). The SMILES string of the molecule is CCOCCOc1ccc(S(=O)(=O)N2CCc3c(nc[nH]c3=O)C2)cc1. The van der Waals surface area contributed by atoms with E-state index in [2.05, 4.69) is 9.97 Å². The summed E-state index contributed by atoms with van der Waals surface area (Å²) < 4.78 is 37.7. The Bertz CT molecular complexity index is 909. The zero-order valence-corrected chi connectivity index (χ0v) is 15.3. The maximum absolute atomic E-state index is 12.8. The van der Waals surface area contributed by atoms with Crippen LogP contribution in [-0.2, 0) is 27.7 Å². The molecule has 0 saturated carbocycles. The van der Waals surface area contributed by atoms with Crippen LogP contribution in [0.3, 0.4) is 0 Å². The minimum Gasteiger partial charge on any atom is -0.491 e. The maximum Gasteiger partial charge on any atom is 0.254 e. The van der Waals surface area contributed by atoms with Crippen molar-refractivity contribution in [2.24, 2.45) is 0 Å². The Labute approximate surface area is 151 Å². The standard InChI is InChI=1S/C17H21N3O5S/c1-2-24-9-10-25-13-3-5-14(6-4-13)26(22,23)20-8-7-15-16(11-20)18-12-19-17(15)21/h3-6,12H,2,7-11H2,1H3,(H,18,19,21). The summed E-state index contributed by atoms with van der Waals surface area (Å²) in [6, 6.07) is 6.29. The third-order valence-corrected chi connectivity index (χ3v) is 6.00. The van der Waals surface area contributed by atoms with Crippen molar-refractivity contribution >= 4 is 10.0 Å². The summed E-state index contributed by atoms with van der Waals surface area (Å²) in [7, 11) is -3.66. The van der Waals surface area contributed by atoms with E-state index in [0.29, 0.717) is 43.2 Å². The largest absolute Gasteiger partial charge is 0.491 e. The molecule has 140 valence electrons. The van der Waals surface area contributed by atoms with Crippen LogP contribution in [0.25, 0.3) is 0 Å². The number of nitrogens with zero attached hydrogens (tertiary/aromatic N) is 2. The van der Waals surface area contributed by atoms with Crippen molar-refractivity contribution in [3.63, 3.8) is 0 Å². The molecule has 0 spiro atoms. The molecular formula is C17H21N3O5S. The number of hydrogen-bond acceptors (Lipinski definition) is 6. The number of fused-ring (bicyclic) bond motifs is 1. The first-order valence-electron chi connectivity index (χ1n) is 8.38. The number of sulfonamides is 1. The van der Waals surface area contributed by atoms with Crippen LogP contribution in [0.1, 0.15) is 18.2 Å². The highest BCUT2D eigenvalue weighted by Gasteiger charge is 2.30. The topological polar surface area (TPSA) is 102 Å². The number of benzene rings is 1. The van der Waals surface area contributed by atoms with E-state index in [1.165, 1.54) is 22.8 Å². The molecule has 1 aliphatic rings. The molecule has 1 aliphatic heterocycles. The van der Waals surface area contributed by atoms with Crippen LogP contribution in [0.2, 0.25) is 0 Å². The molecule has 8 nitrogen and oxygen atoms in total. The quantitative estimate of drug-likeness (QED) is 0.718. The third kappa shape index (κ3) is 3.95. The summed E-state index contributed by atoms with van der Waals surface area (Å²) in [5, 5.41) is 0. The highest BCUT2D eigenvalue weighted by atomic mass is 32.2. The van der Waals surface area contributed by atoms with Crippen molar-refractivity contribution in [3.8, 4) is 5.75 Å². The van der Waals surface area contributed by atoms with Crippen molar-refractivity contribution in [1.29, 1.82) is 0 Å². The van der Waals surface area contributed by atoms with Crippen molar-refractivity contribution in [2.75, 3.05) is 26.4 Å². The van der Waals surface area contributed by atoms with E-state index in [1.54, 1.807) is 12.1 Å². The van der Waals surface area contributed by atoms with Crippen LogP contribution in [-0.4, -0.2) is 49.1 Å². The first-order valence-corrected chi connectivity index (χ1v) is 9.82. The number of ether oxygens (including phenoxy) is 2. The smallest absolute Gasteiger partial charge is 0.254 e. The van der Waals surface area contributed by atoms with Crippen LogP contribution in [0.4, 0.5) is 0 Å². The fraction of sp³-hybridized carbons (Fsp3) is 0.412. The lowest BCUT2D eigenvalue weighted by Crippen LogP contribution is -2.38. The number of aromatic nitrogens is 2. The molecule has 1 aromatic heterocycles. The molecule has 26 heavy (non-hydrogen) atoms. The van der Waals surface area contributed by atoms with E-state index in [-0.39, 0.29) is 23.5 Å². The Morgan fingerprint density at radius 2 is 2.00 bits per heavy atom. The number of rotatable bonds is 7. The normalized spacial score (nSPS) is 14.8. The predicted octanol–water partition coefficient (Wildman–Crippen LogP) is 0.932. The molecule has 0 atom stereocenters. The van der Waals surface area contributed by atoms with Crippen LogP contribution >= 0.6 is 0 Å². The lowest BCUT2D eigenvalue weighted by molar-refractivity contribution is 0.110. The van der Waals surface area contributed by atoms with Gasteiger partial charge >= 0.3 is 0 Å². The van der Waals surface area contributed by atoms with Gasteiger partial charge in [0.1, 0.15) is 12.4 Å². The molecular weight excluding hydrogens is 358 g/mol. The second kappa shape index (κ2) is 7.98. The number of H-pyrrole nitrogens is 1. The van der Waals surface area contributed by atoms with E-state index < -0.39 is 10.0 Å². The summed E-state index contributed by atoms with van der Waals surface area (Å²) in [5.74, 6) is 0.584. The minimum atomic E-state index is -3.66. The van der Waals surface area contributed by atoms with Gasteiger partial charge in [-0.05, 0) is 37.6 Å². The fourth-order valence-electron chi connectivity index (χ4n) is 2.77. The molecule has 0 amide bonds. The highest BCUT2D eigenvalue weighted by Crippen LogP contribution is 2.24. The third-order valence-electron chi connectivity index (χ3n) is 4.14. The summed E-state index contributed by atoms with van der Waals surface area (Å²) >= 11 is 0. The lowest BCUT2D eigenvalue weighted by atomic mass is 10.1. The Morgan fingerprint density at radius 3 is 2.73 bits per heavy atom. The first-order chi connectivity index (χ1) is 12.5. The summed E-state index contributed by atoms with van der Waals surface area (Å²) in [6.07, 6.45) is 1.64. The fourth-order valence-corrected chi connectivity index (χ4v) is 4.17. The second-order valence-electron chi connectivity index (χ2n) is 5.76. The van der Waals surface area contributed by atoms with Gasteiger partial charge in [-0.15, -0.1) is 0 Å². The molecule has 0 unspecified atom stereocenters. The van der Waals surface area contributed by atoms with Crippen LogP contribution in [0, 0.1) is 0 Å². The van der Waals surface area contributed by atoms with E-state index in [9.17, 15) is 13.2 Å². The van der Waals surface area contributed by atoms with Gasteiger partial charge < -0.3 is 14.5 Å². The van der Waals surface area contributed by atoms with E-state index in [0.717, 1.165) is 0 Å². The Balaban J connectivity index is 1.71.